The van der Waals surface area contributed by atoms with Gasteiger partial charge in [-0.25, -0.2) is 4.98 Å². The number of benzene rings is 1. The summed E-state index contributed by atoms with van der Waals surface area (Å²) in [6.45, 7) is 3.57. The molecule has 0 unspecified atom stereocenters. The fourth-order valence-electron chi connectivity index (χ4n) is 1.33. The van der Waals surface area contributed by atoms with E-state index in [1.54, 1.807) is 30.3 Å². The summed E-state index contributed by atoms with van der Waals surface area (Å²) in [5.41, 5.74) is 0.140. The minimum atomic E-state index is -0.447. The fraction of sp³-hybridized carbons (Fsp3) is 0.0909. The Morgan fingerprint density at radius 2 is 2.25 bits per heavy atom. The third kappa shape index (κ3) is 1.81. The lowest BCUT2D eigenvalue weighted by molar-refractivity contribution is 0.146. The van der Waals surface area contributed by atoms with Crippen LogP contribution in [-0.2, 0) is 0 Å². The monoisotopic (exact) mass is 234 g/mol. The van der Waals surface area contributed by atoms with E-state index < -0.39 is 5.56 Å². The first-order chi connectivity index (χ1) is 7.74. The largest absolute Gasteiger partial charge is 0.423 e. The molecule has 5 heteroatoms. The molecule has 0 aliphatic rings. The van der Waals surface area contributed by atoms with Crippen LogP contribution in [0, 0.1) is 0 Å². The van der Waals surface area contributed by atoms with Crippen LogP contribution in [0.5, 0.6) is 0 Å². The van der Waals surface area contributed by atoms with Gasteiger partial charge in [0.1, 0.15) is 0 Å². The van der Waals surface area contributed by atoms with Gasteiger partial charge in [0.2, 0.25) is 5.16 Å². The van der Waals surface area contributed by atoms with E-state index in [9.17, 15) is 10.0 Å². The van der Waals surface area contributed by atoms with Crippen molar-refractivity contribution in [2.45, 2.75) is 5.16 Å². The number of para-hydroxylation sites is 1. The van der Waals surface area contributed by atoms with Gasteiger partial charge in [0.15, 0.2) is 0 Å². The number of fused-ring (bicyclic) bond motifs is 1. The molecule has 0 amide bonds. The van der Waals surface area contributed by atoms with Crippen LogP contribution in [-0.4, -0.2) is 20.7 Å². The van der Waals surface area contributed by atoms with Crippen molar-refractivity contribution in [1.29, 1.82) is 0 Å². The third-order valence-electron chi connectivity index (χ3n) is 2.05. The third-order valence-corrected chi connectivity index (χ3v) is 2.98. The number of thioether (sulfide) groups is 1. The maximum absolute atomic E-state index is 11.7. The van der Waals surface area contributed by atoms with E-state index >= 15 is 0 Å². The first kappa shape index (κ1) is 10.8. The van der Waals surface area contributed by atoms with Gasteiger partial charge in [0.25, 0.3) is 5.56 Å². The molecular formula is C11H10N2O2S. The highest BCUT2D eigenvalue weighted by Gasteiger charge is 2.09. The molecule has 0 saturated carbocycles. The summed E-state index contributed by atoms with van der Waals surface area (Å²) < 4.78 is 0.580. The molecule has 82 valence electrons. The van der Waals surface area contributed by atoms with E-state index in [4.69, 9.17) is 0 Å². The maximum atomic E-state index is 11.7. The second kappa shape index (κ2) is 4.40. The predicted molar refractivity (Wildman–Crippen MR) is 64.1 cm³/mol. The average Bonchev–Trinajstić information content (AvgIpc) is 2.32. The first-order valence-corrected chi connectivity index (χ1v) is 5.67. The van der Waals surface area contributed by atoms with Crippen LogP contribution in [0.4, 0.5) is 0 Å². The molecule has 0 aliphatic heterocycles. The van der Waals surface area contributed by atoms with Crippen LogP contribution < -0.4 is 5.56 Å². The average molecular weight is 234 g/mol. The predicted octanol–water partition coefficient (Wildman–Crippen LogP) is 1.91. The smallest absolute Gasteiger partial charge is 0.294 e. The Kier molecular flexibility index (Phi) is 2.96. The highest BCUT2D eigenvalue weighted by molar-refractivity contribution is 7.99. The van der Waals surface area contributed by atoms with Crippen LogP contribution in [0.3, 0.4) is 0 Å². The molecule has 1 N–H and O–H groups in total. The quantitative estimate of drug-likeness (QED) is 0.381. The van der Waals surface area contributed by atoms with E-state index in [1.807, 2.05) is 0 Å². The van der Waals surface area contributed by atoms with Crippen molar-refractivity contribution in [3.63, 3.8) is 0 Å². The molecule has 1 heterocycles. The second-order valence-corrected chi connectivity index (χ2v) is 4.12. The number of rotatable bonds is 3. The van der Waals surface area contributed by atoms with E-state index in [1.165, 1.54) is 11.8 Å². The van der Waals surface area contributed by atoms with Crippen molar-refractivity contribution in [1.82, 2.24) is 9.71 Å². The van der Waals surface area contributed by atoms with Crippen molar-refractivity contribution < 1.29 is 5.21 Å². The summed E-state index contributed by atoms with van der Waals surface area (Å²) in [5, 5.41) is 10.3. The van der Waals surface area contributed by atoms with Crippen molar-refractivity contribution in [2.24, 2.45) is 0 Å². The summed E-state index contributed by atoms with van der Waals surface area (Å²) in [6, 6.07) is 6.93. The Hall–Kier alpha value is -1.75. The van der Waals surface area contributed by atoms with Gasteiger partial charge in [0.05, 0.1) is 10.9 Å². The minimum absolute atomic E-state index is 0.281. The van der Waals surface area contributed by atoms with Gasteiger partial charge < -0.3 is 5.21 Å². The standard InChI is InChI=1S/C11H10N2O2S/c1-2-7-16-11-12-9-6-4-3-5-8(9)10(14)13(11)15/h2-6,15H,1,7H2. The van der Waals surface area contributed by atoms with Crippen LogP contribution in [0.15, 0.2) is 46.9 Å². The van der Waals surface area contributed by atoms with E-state index in [0.717, 1.165) is 0 Å². The molecule has 2 rings (SSSR count). The Balaban J connectivity index is 2.64. The van der Waals surface area contributed by atoms with Crippen LogP contribution >= 0.6 is 11.8 Å². The van der Waals surface area contributed by atoms with Gasteiger partial charge in [-0.15, -0.1) is 11.3 Å². The molecule has 1 aromatic heterocycles. The zero-order valence-electron chi connectivity index (χ0n) is 8.46. The molecule has 0 fully saturated rings. The second-order valence-electron chi connectivity index (χ2n) is 3.13. The molecule has 1 aromatic carbocycles. The van der Waals surface area contributed by atoms with Crippen molar-refractivity contribution >= 4 is 22.7 Å². The van der Waals surface area contributed by atoms with Gasteiger partial charge in [-0.2, -0.15) is 0 Å². The van der Waals surface area contributed by atoms with Gasteiger partial charge in [-0.1, -0.05) is 30.0 Å². The molecule has 0 aliphatic carbocycles. The van der Waals surface area contributed by atoms with Crippen molar-refractivity contribution in [3.05, 3.63) is 47.3 Å². The Morgan fingerprint density at radius 1 is 1.50 bits per heavy atom. The van der Waals surface area contributed by atoms with E-state index in [2.05, 4.69) is 11.6 Å². The highest BCUT2D eigenvalue weighted by Crippen LogP contribution is 2.16. The van der Waals surface area contributed by atoms with Crippen molar-refractivity contribution in [3.8, 4) is 0 Å². The maximum Gasteiger partial charge on any atom is 0.294 e. The minimum Gasteiger partial charge on any atom is -0.423 e. The summed E-state index contributed by atoms with van der Waals surface area (Å²) in [4.78, 5) is 15.9. The lowest BCUT2D eigenvalue weighted by atomic mass is 10.2. The zero-order chi connectivity index (χ0) is 11.5. The van der Waals surface area contributed by atoms with Gasteiger partial charge in [-0.05, 0) is 12.1 Å². The normalized spacial score (nSPS) is 10.5. The molecule has 0 spiro atoms. The lowest BCUT2D eigenvalue weighted by Crippen LogP contribution is -2.20. The van der Waals surface area contributed by atoms with Crippen molar-refractivity contribution in [2.75, 3.05) is 5.75 Å². The number of aromatic nitrogens is 2. The Labute approximate surface area is 96.2 Å². The van der Waals surface area contributed by atoms with Crippen LogP contribution in [0.1, 0.15) is 0 Å². The lowest BCUT2D eigenvalue weighted by Gasteiger charge is -2.05. The Bertz CT molecular complexity index is 592. The summed E-state index contributed by atoms with van der Waals surface area (Å²) in [7, 11) is 0. The number of hydrogen-bond donors (Lipinski definition) is 1. The van der Waals surface area contributed by atoms with E-state index in [-0.39, 0.29) is 5.16 Å². The van der Waals surface area contributed by atoms with E-state index in [0.29, 0.717) is 21.4 Å². The molecule has 2 aromatic rings. The van der Waals surface area contributed by atoms with Gasteiger partial charge >= 0.3 is 0 Å². The fourth-order valence-corrected chi connectivity index (χ4v) is 1.97. The number of nitrogens with zero attached hydrogens (tertiary/aromatic N) is 2. The SMILES string of the molecule is C=CCSc1nc2ccccc2c(=O)n1O. The van der Waals surface area contributed by atoms with Gasteiger partial charge in [-0.3, -0.25) is 4.79 Å². The summed E-state index contributed by atoms with van der Waals surface area (Å²) in [5.74, 6) is 0.589. The van der Waals surface area contributed by atoms with Crippen LogP contribution in [0.25, 0.3) is 10.9 Å². The summed E-state index contributed by atoms with van der Waals surface area (Å²) in [6.07, 6.45) is 1.69. The molecule has 0 bridgehead atoms. The topological polar surface area (TPSA) is 55.1 Å². The molecular weight excluding hydrogens is 224 g/mol. The molecule has 4 nitrogen and oxygen atoms in total. The first-order valence-electron chi connectivity index (χ1n) is 4.69. The Morgan fingerprint density at radius 3 is 3.00 bits per heavy atom. The summed E-state index contributed by atoms with van der Waals surface area (Å²) >= 11 is 1.26. The molecule has 0 saturated heterocycles. The van der Waals surface area contributed by atoms with Crippen LogP contribution in [0.2, 0.25) is 0 Å². The molecule has 16 heavy (non-hydrogen) atoms. The molecule has 0 radical (unpaired) electrons. The number of hydrogen-bond acceptors (Lipinski definition) is 4. The highest BCUT2D eigenvalue weighted by atomic mass is 32.2. The van der Waals surface area contributed by atoms with Gasteiger partial charge in [0, 0.05) is 5.75 Å². The zero-order valence-corrected chi connectivity index (χ0v) is 9.28. The molecule has 0 atom stereocenters.